The average Bonchev–Trinajstić information content (AvgIpc) is 2.46. The standard InChI is InChI=1S/C15H15FN2O2/c1-19-13-7-4-11(14(16)8-13)9-20-12-5-2-10(3-6-12)15(17)18/h2-8H,9H2,1H3,(H3,17,18). The molecule has 0 aliphatic rings. The molecule has 0 unspecified atom stereocenters. The Morgan fingerprint density at radius 1 is 1.15 bits per heavy atom. The highest BCUT2D eigenvalue weighted by Crippen LogP contribution is 2.19. The van der Waals surface area contributed by atoms with Crippen molar-refractivity contribution in [3.8, 4) is 11.5 Å². The number of nitrogens with two attached hydrogens (primary N) is 1. The van der Waals surface area contributed by atoms with Crippen molar-refractivity contribution >= 4 is 5.84 Å². The van der Waals surface area contributed by atoms with Crippen LogP contribution in [0.15, 0.2) is 42.5 Å². The first-order valence-electron chi connectivity index (χ1n) is 6.00. The molecule has 5 heteroatoms. The highest BCUT2D eigenvalue weighted by Gasteiger charge is 2.05. The third-order valence-electron chi connectivity index (χ3n) is 2.82. The summed E-state index contributed by atoms with van der Waals surface area (Å²) in [5.74, 6) is 0.685. The number of nitrogens with one attached hydrogen (secondary N) is 1. The van der Waals surface area contributed by atoms with E-state index in [4.69, 9.17) is 20.6 Å². The van der Waals surface area contributed by atoms with Crippen LogP contribution in [-0.2, 0) is 6.61 Å². The zero-order valence-electron chi connectivity index (χ0n) is 11.0. The SMILES string of the molecule is COc1ccc(COc2ccc(C(=N)N)cc2)c(F)c1. The molecule has 0 radical (unpaired) electrons. The van der Waals surface area contributed by atoms with Gasteiger partial charge in [-0.25, -0.2) is 4.39 Å². The van der Waals surface area contributed by atoms with Crippen molar-refractivity contribution in [1.29, 1.82) is 5.41 Å². The molecule has 0 heterocycles. The van der Waals surface area contributed by atoms with Crippen molar-refractivity contribution < 1.29 is 13.9 Å². The predicted molar refractivity (Wildman–Crippen MR) is 74.7 cm³/mol. The molecule has 0 aliphatic carbocycles. The first kappa shape index (κ1) is 13.9. The second kappa shape index (κ2) is 6.06. The van der Waals surface area contributed by atoms with Gasteiger partial charge in [0.15, 0.2) is 0 Å². The molecule has 0 fully saturated rings. The fourth-order valence-corrected chi connectivity index (χ4v) is 1.66. The molecule has 4 nitrogen and oxygen atoms in total. The molecule has 20 heavy (non-hydrogen) atoms. The maximum Gasteiger partial charge on any atom is 0.133 e. The summed E-state index contributed by atoms with van der Waals surface area (Å²) < 4.78 is 24.1. The summed E-state index contributed by atoms with van der Waals surface area (Å²) in [4.78, 5) is 0. The largest absolute Gasteiger partial charge is 0.497 e. The Bertz CT molecular complexity index is 612. The minimum atomic E-state index is -0.371. The molecule has 0 atom stereocenters. The normalized spacial score (nSPS) is 10.1. The van der Waals surface area contributed by atoms with Crippen LogP contribution < -0.4 is 15.2 Å². The smallest absolute Gasteiger partial charge is 0.133 e. The molecule has 2 aromatic rings. The first-order chi connectivity index (χ1) is 9.60. The minimum absolute atomic E-state index is 0.00208. The lowest BCUT2D eigenvalue weighted by atomic mass is 10.2. The Morgan fingerprint density at radius 3 is 2.35 bits per heavy atom. The fourth-order valence-electron chi connectivity index (χ4n) is 1.66. The van der Waals surface area contributed by atoms with E-state index in [1.54, 1.807) is 36.4 Å². The maximum absolute atomic E-state index is 13.7. The van der Waals surface area contributed by atoms with E-state index >= 15 is 0 Å². The van der Waals surface area contributed by atoms with Crippen LogP contribution >= 0.6 is 0 Å². The van der Waals surface area contributed by atoms with Crippen LogP contribution in [0, 0.1) is 11.2 Å². The molecule has 0 aromatic heterocycles. The summed E-state index contributed by atoms with van der Waals surface area (Å²) in [6.45, 7) is 0.120. The van der Waals surface area contributed by atoms with Crippen molar-refractivity contribution in [2.45, 2.75) is 6.61 Å². The van der Waals surface area contributed by atoms with E-state index in [2.05, 4.69) is 0 Å². The zero-order chi connectivity index (χ0) is 14.5. The molecule has 3 N–H and O–H groups in total. The molecule has 104 valence electrons. The summed E-state index contributed by atoms with van der Waals surface area (Å²) in [6, 6.07) is 11.4. The van der Waals surface area contributed by atoms with Gasteiger partial charge >= 0.3 is 0 Å². The number of nitrogen functional groups attached to an aromatic ring is 1. The highest BCUT2D eigenvalue weighted by atomic mass is 19.1. The van der Waals surface area contributed by atoms with Crippen molar-refractivity contribution in [3.05, 3.63) is 59.4 Å². The third kappa shape index (κ3) is 3.26. The molecule has 0 saturated carbocycles. The Kier molecular flexibility index (Phi) is 4.20. The van der Waals surface area contributed by atoms with E-state index in [9.17, 15) is 4.39 Å². The predicted octanol–water partition coefficient (Wildman–Crippen LogP) is 2.70. The van der Waals surface area contributed by atoms with E-state index in [0.717, 1.165) is 0 Å². The van der Waals surface area contributed by atoms with Gasteiger partial charge in [-0.05, 0) is 36.4 Å². The van der Waals surface area contributed by atoms with E-state index < -0.39 is 0 Å². The third-order valence-corrected chi connectivity index (χ3v) is 2.82. The number of methoxy groups -OCH3 is 1. The van der Waals surface area contributed by atoms with Crippen LogP contribution in [0.25, 0.3) is 0 Å². The zero-order valence-corrected chi connectivity index (χ0v) is 11.0. The number of ether oxygens (including phenoxy) is 2. The van der Waals surface area contributed by atoms with Crippen LogP contribution in [0.2, 0.25) is 0 Å². The summed E-state index contributed by atoms with van der Waals surface area (Å²) in [5, 5.41) is 7.28. The van der Waals surface area contributed by atoms with Crippen LogP contribution in [0.1, 0.15) is 11.1 Å². The lowest BCUT2D eigenvalue weighted by molar-refractivity contribution is 0.299. The van der Waals surface area contributed by atoms with E-state index in [1.165, 1.54) is 13.2 Å². The monoisotopic (exact) mass is 274 g/mol. The van der Waals surface area contributed by atoms with Crippen molar-refractivity contribution in [2.24, 2.45) is 5.73 Å². The Labute approximate surface area is 116 Å². The van der Waals surface area contributed by atoms with Gasteiger partial charge in [-0.3, -0.25) is 5.41 Å². The van der Waals surface area contributed by atoms with Gasteiger partial charge in [-0.2, -0.15) is 0 Å². The summed E-state index contributed by atoms with van der Waals surface area (Å²) in [5.41, 5.74) is 6.42. The Morgan fingerprint density at radius 2 is 1.80 bits per heavy atom. The number of hydrogen-bond acceptors (Lipinski definition) is 3. The van der Waals surface area contributed by atoms with Gasteiger partial charge in [-0.1, -0.05) is 0 Å². The van der Waals surface area contributed by atoms with Gasteiger partial charge in [0.1, 0.15) is 29.8 Å². The lowest BCUT2D eigenvalue weighted by Crippen LogP contribution is -2.10. The van der Waals surface area contributed by atoms with Crippen molar-refractivity contribution in [2.75, 3.05) is 7.11 Å². The number of rotatable bonds is 5. The van der Waals surface area contributed by atoms with Gasteiger partial charge in [0, 0.05) is 17.2 Å². The Balaban J connectivity index is 2.03. The highest BCUT2D eigenvalue weighted by molar-refractivity contribution is 5.94. The van der Waals surface area contributed by atoms with E-state index in [1.807, 2.05) is 0 Å². The first-order valence-corrected chi connectivity index (χ1v) is 6.00. The minimum Gasteiger partial charge on any atom is -0.497 e. The van der Waals surface area contributed by atoms with E-state index in [-0.39, 0.29) is 18.3 Å². The van der Waals surface area contributed by atoms with Gasteiger partial charge < -0.3 is 15.2 Å². The van der Waals surface area contributed by atoms with Crippen LogP contribution in [0.3, 0.4) is 0 Å². The molecule has 0 bridgehead atoms. The molecule has 2 aromatic carbocycles. The maximum atomic E-state index is 13.7. The summed E-state index contributed by atoms with van der Waals surface area (Å²) >= 11 is 0. The average molecular weight is 274 g/mol. The van der Waals surface area contributed by atoms with Crippen molar-refractivity contribution in [3.63, 3.8) is 0 Å². The Hall–Kier alpha value is -2.56. The molecule has 0 amide bonds. The lowest BCUT2D eigenvalue weighted by Gasteiger charge is -2.09. The summed E-state index contributed by atoms with van der Waals surface area (Å²) in [7, 11) is 1.49. The van der Waals surface area contributed by atoms with Crippen LogP contribution in [0.4, 0.5) is 4.39 Å². The summed E-state index contributed by atoms with van der Waals surface area (Å²) in [6.07, 6.45) is 0. The molecule has 2 rings (SSSR count). The van der Waals surface area contributed by atoms with Gasteiger partial charge in [0.25, 0.3) is 0 Å². The molecule has 0 saturated heterocycles. The number of halogens is 1. The second-order valence-corrected chi connectivity index (χ2v) is 4.18. The number of amidine groups is 1. The molecular formula is C15H15FN2O2. The quantitative estimate of drug-likeness (QED) is 0.650. The van der Waals surface area contributed by atoms with Crippen molar-refractivity contribution in [1.82, 2.24) is 0 Å². The van der Waals surface area contributed by atoms with E-state index in [0.29, 0.717) is 22.6 Å². The number of hydrogen-bond donors (Lipinski definition) is 2. The fraction of sp³-hybridized carbons (Fsp3) is 0.133. The molecule has 0 aliphatic heterocycles. The van der Waals surface area contributed by atoms with Gasteiger partial charge in [0.05, 0.1) is 7.11 Å². The van der Waals surface area contributed by atoms with Crippen LogP contribution in [0.5, 0.6) is 11.5 Å². The van der Waals surface area contributed by atoms with Gasteiger partial charge in [0.2, 0.25) is 0 Å². The topological polar surface area (TPSA) is 68.3 Å². The second-order valence-electron chi connectivity index (χ2n) is 4.18. The van der Waals surface area contributed by atoms with Gasteiger partial charge in [-0.15, -0.1) is 0 Å². The molecular weight excluding hydrogens is 259 g/mol. The molecule has 0 spiro atoms. The number of benzene rings is 2. The van der Waals surface area contributed by atoms with Crippen LogP contribution in [-0.4, -0.2) is 12.9 Å².